The average molecular weight is 426 g/mol. The molecular weight excluding hydrogens is 408 g/mol. The number of carbonyl (C=O) groups excluding carboxylic acids is 4. The van der Waals surface area contributed by atoms with Gasteiger partial charge in [0.1, 0.15) is 6.61 Å². The molecule has 9 heteroatoms. The minimum atomic E-state index is -0.634. The van der Waals surface area contributed by atoms with E-state index in [9.17, 15) is 19.2 Å². The zero-order chi connectivity index (χ0) is 21.7. The van der Waals surface area contributed by atoms with Gasteiger partial charge in [0.15, 0.2) is 0 Å². The maximum absolute atomic E-state index is 13.2. The quantitative estimate of drug-likeness (QED) is 0.277. The number of nitrogens with zero attached hydrogens (tertiary/aromatic N) is 2. The first-order chi connectivity index (χ1) is 14.5. The van der Waals surface area contributed by atoms with Crippen LogP contribution < -0.4 is 4.90 Å². The lowest BCUT2D eigenvalue weighted by Gasteiger charge is -2.23. The molecule has 0 spiro atoms. The summed E-state index contributed by atoms with van der Waals surface area (Å²) in [7, 11) is 0. The van der Waals surface area contributed by atoms with E-state index < -0.39 is 23.7 Å². The van der Waals surface area contributed by atoms with Gasteiger partial charge in [0.25, 0.3) is 17.7 Å². The normalized spacial score (nSPS) is 12.5. The van der Waals surface area contributed by atoms with Crippen molar-refractivity contribution < 1.29 is 28.2 Å². The highest BCUT2D eigenvalue weighted by atomic mass is 32.2. The fraction of sp³-hybridized carbons (Fsp3) is 0.143. The smallest absolute Gasteiger partial charge is 0.330 e. The van der Waals surface area contributed by atoms with Crippen molar-refractivity contribution in [2.45, 2.75) is 0 Å². The first-order valence-corrected chi connectivity index (χ1v) is 10.0. The number of anilines is 1. The van der Waals surface area contributed by atoms with Gasteiger partial charge in [0, 0.05) is 35.6 Å². The Kier molecular flexibility index (Phi) is 6.65. The molecule has 30 heavy (non-hydrogen) atoms. The lowest BCUT2D eigenvalue weighted by atomic mass is 10.0. The van der Waals surface area contributed by atoms with Gasteiger partial charge >= 0.3 is 5.97 Å². The van der Waals surface area contributed by atoms with Crippen LogP contribution in [-0.2, 0) is 13.8 Å². The van der Waals surface area contributed by atoms with Crippen molar-refractivity contribution in [3.63, 3.8) is 0 Å². The SMILES string of the molecule is C=CC(=O)OCCN(C(=O)c1ccc2c(c1)C(=O)N(OSC)C2=O)c1ccccc1. The predicted octanol–water partition coefficient (Wildman–Crippen LogP) is 2.87. The zero-order valence-corrected chi connectivity index (χ0v) is 16.9. The number of fused-ring (bicyclic) bond motifs is 1. The van der Waals surface area contributed by atoms with Crippen molar-refractivity contribution in [1.29, 1.82) is 0 Å². The number of hydroxylamine groups is 2. The number of hydrogen-bond donors (Lipinski definition) is 0. The molecule has 1 heterocycles. The molecule has 3 amide bonds. The second-order valence-corrected chi connectivity index (χ2v) is 6.55. The average Bonchev–Trinajstić information content (AvgIpc) is 3.01. The van der Waals surface area contributed by atoms with E-state index in [1.807, 2.05) is 6.07 Å². The number of rotatable bonds is 8. The number of benzene rings is 2. The van der Waals surface area contributed by atoms with Gasteiger partial charge in [-0.2, -0.15) is 4.28 Å². The third kappa shape index (κ3) is 4.27. The zero-order valence-electron chi connectivity index (χ0n) is 16.1. The van der Waals surface area contributed by atoms with Gasteiger partial charge < -0.3 is 9.64 Å². The van der Waals surface area contributed by atoms with Crippen molar-refractivity contribution in [1.82, 2.24) is 5.06 Å². The minimum Gasteiger partial charge on any atom is -0.461 e. The van der Waals surface area contributed by atoms with Crippen molar-refractivity contribution in [3.8, 4) is 0 Å². The van der Waals surface area contributed by atoms with Crippen LogP contribution in [0.3, 0.4) is 0 Å². The van der Waals surface area contributed by atoms with E-state index in [1.54, 1.807) is 30.5 Å². The summed E-state index contributed by atoms with van der Waals surface area (Å²) in [5, 5.41) is 0.660. The molecule has 0 aliphatic carbocycles. The summed E-state index contributed by atoms with van der Waals surface area (Å²) in [5.41, 5.74) is 1.05. The summed E-state index contributed by atoms with van der Waals surface area (Å²) in [6.07, 6.45) is 2.62. The number of ether oxygens (including phenoxy) is 1. The van der Waals surface area contributed by atoms with Crippen LogP contribution in [0.1, 0.15) is 31.1 Å². The Labute approximate surface area is 177 Å². The Morgan fingerprint density at radius 3 is 2.47 bits per heavy atom. The van der Waals surface area contributed by atoms with Crippen LogP contribution in [0.25, 0.3) is 0 Å². The van der Waals surface area contributed by atoms with Gasteiger partial charge in [-0.15, -0.1) is 5.06 Å². The van der Waals surface area contributed by atoms with Crippen molar-refractivity contribution in [2.75, 3.05) is 24.3 Å². The number of esters is 1. The highest BCUT2D eigenvalue weighted by Crippen LogP contribution is 2.27. The molecule has 0 radical (unpaired) electrons. The highest BCUT2D eigenvalue weighted by molar-refractivity contribution is 7.93. The fourth-order valence-corrected chi connectivity index (χ4v) is 3.19. The Morgan fingerprint density at radius 1 is 1.10 bits per heavy atom. The van der Waals surface area contributed by atoms with Crippen LogP contribution in [-0.4, -0.2) is 48.2 Å². The van der Waals surface area contributed by atoms with Gasteiger partial charge in [0.05, 0.1) is 17.7 Å². The lowest BCUT2D eigenvalue weighted by molar-refractivity contribution is -0.137. The fourth-order valence-electron chi connectivity index (χ4n) is 2.90. The van der Waals surface area contributed by atoms with Gasteiger partial charge in [-0.3, -0.25) is 14.4 Å². The molecule has 0 aromatic heterocycles. The largest absolute Gasteiger partial charge is 0.461 e. The molecule has 3 rings (SSSR count). The van der Waals surface area contributed by atoms with E-state index >= 15 is 0 Å². The molecule has 0 bridgehead atoms. The van der Waals surface area contributed by atoms with Crippen LogP contribution in [0, 0.1) is 0 Å². The predicted molar refractivity (Wildman–Crippen MR) is 111 cm³/mol. The maximum atomic E-state index is 13.2. The van der Waals surface area contributed by atoms with Crippen molar-refractivity contribution in [2.24, 2.45) is 0 Å². The van der Waals surface area contributed by atoms with Gasteiger partial charge in [0.2, 0.25) is 0 Å². The topological polar surface area (TPSA) is 93.2 Å². The number of hydrogen-bond acceptors (Lipinski definition) is 7. The number of carbonyl (C=O) groups is 4. The standard InChI is InChI=1S/C21H18N2O6S/c1-3-18(24)28-12-11-22(15-7-5-4-6-8-15)19(25)14-9-10-16-17(13-14)21(27)23(20(16)26)29-30-2/h3-10,13H,1,11-12H2,2H3. The van der Waals surface area contributed by atoms with Crippen LogP contribution in [0.15, 0.2) is 61.2 Å². The van der Waals surface area contributed by atoms with E-state index in [0.717, 1.165) is 18.1 Å². The number of para-hydroxylation sites is 1. The molecule has 2 aromatic carbocycles. The summed E-state index contributed by atoms with van der Waals surface area (Å²) in [4.78, 5) is 50.7. The third-order valence-corrected chi connectivity index (χ3v) is 4.58. The summed E-state index contributed by atoms with van der Waals surface area (Å²) >= 11 is 0.864. The Hall–Kier alpha value is -3.43. The molecule has 0 fully saturated rings. The van der Waals surface area contributed by atoms with Crippen LogP contribution in [0.4, 0.5) is 5.69 Å². The summed E-state index contributed by atoms with van der Waals surface area (Å²) in [6.45, 7) is 3.39. The number of amides is 3. The Morgan fingerprint density at radius 2 is 1.80 bits per heavy atom. The van der Waals surface area contributed by atoms with Gasteiger partial charge in [-0.25, -0.2) is 4.79 Å². The molecule has 0 atom stereocenters. The summed E-state index contributed by atoms with van der Waals surface area (Å²) < 4.78 is 10.0. The molecule has 2 aromatic rings. The lowest BCUT2D eigenvalue weighted by Crippen LogP contribution is -2.34. The molecule has 0 saturated heterocycles. The van der Waals surface area contributed by atoms with Crippen LogP contribution in [0.5, 0.6) is 0 Å². The van der Waals surface area contributed by atoms with E-state index in [-0.39, 0.29) is 29.8 Å². The van der Waals surface area contributed by atoms with E-state index in [2.05, 4.69) is 6.58 Å². The first-order valence-electron chi connectivity index (χ1n) is 8.87. The molecule has 154 valence electrons. The summed E-state index contributed by atoms with van der Waals surface area (Å²) in [6, 6.07) is 13.1. The second-order valence-electron chi connectivity index (χ2n) is 6.07. The van der Waals surface area contributed by atoms with Gasteiger partial charge in [-0.05, 0) is 30.3 Å². The maximum Gasteiger partial charge on any atom is 0.330 e. The molecule has 0 unspecified atom stereocenters. The Bertz CT molecular complexity index is 1010. The van der Waals surface area contributed by atoms with E-state index in [1.165, 1.54) is 23.1 Å². The van der Waals surface area contributed by atoms with Crippen molar-refractivity contribution in [3.05, 3.63) is 77.9 Å². The van der Waals surface area contributed by atoms with Crippen molar-refractivity contribution >= 4 is 41.4 Å². The molecule has 0 N–H and O–H groups in total. The molecule has 0 saturated carbocycles. The monoisotopic (exact) mass is 426 g/mol. The molecule has 8 nitrogen and oxygen atoms in total. The van der Waals surface area contributed by atoms with Gasteiger partial charge in [-0.1, -0.05) is 24.8 Å². The van der Waals surface area contributed by atoms with E-state index in [4.69, 9.17) is 9.02 Å². The number of imide groups is 1. The third-order valence-electron chi connectivity index (χ3n) is 4.28. The molecular formula is C21H18N2O6S. The van der Waals surface area contributed by atoms with Crippen LogP contribution >= 0.6 is 12.0 Å². The molecule has 1 aliphatic rings. The van der Waals surface area contributed by atoms with Crippen LogP contribution in [0.2, 0.25) is 0 Å². The summed E-state index contributed by atoms with van der Waals surface area (Å²) in [5.74, 6) is -2.22. The first kappa shape index (κ1) is 21.3. The van der Waals surface area contributed by atoms with E-state index in [0.29, 0.717) is 10.8 Å². The molecule has 1 aliphatic heterocycles. The second kappa shape index (κ2) is 9.38. The Balaban J connectivity index is 1.88. The highest BCUT2D eigenvalue weighted by Gasteiger charge is 2.38. The minimum absolute atomic E-state index is 0.0385.